The SMILES string of the molecule is CCCCN(C)S(=O)(=O)c1cccc(C(C)O)c1. The molecule has 0 aliphatic heterocycles. The number of unbranched alkanes of at least 4 members (excludes halogenated alkanes) is 1. The number of hydrogen-bond acceptors (Lipinski definition) is 3. The Bertz CT molecular complexity index is 483. The fourth-order valence-electron chi connectivity index (χ4n) is 1.62. The highest BCUT2D eigenvalue weighted by molar-refractivity contribution is 7.89. The lowest BCUT2D eigenvalue weighted by molar-refractivity contribution is 0.199. The van der Waals surface area contributed by atoms with Crippen molar-refractivity contribution in [3.8, 4) is 0 Å². The van der Waals surface area contributed by atoms with Crippen LogP contribution in [-0.4, -0.2) is 31.4 Å². The molecule has 102 valence electrons. The van der Waals surface area contributed by atoms with E-state index in [-0.39, 0.29) is 4.90 Å². The van der Waals surface area contributed by atoms with Crippen LogP contribution >= 0.6 is 0 Å². The molecule has 0 amide bonds. The maximum absolute atomic E-state index is 12.3. The standard InChI is InChI=1S/C13H21NO3S/c1-4-5-9-14(3)18(16,17)13-8-6-7-12(10-13)11(2)15/h6-8,10-11,15H,4-5,9H2,1-3H3. The molecule has 1 aromatic rings. The molecule has 0 bridgehead atoms. The number of hydrogen-bond donors (Lipinski definition) is 1. The quantitative estimate of drug-likeness (QED) is 0.862. The molecular formula is C13H21NO3S. The fourth-order valence-corrected chi connectivity index (χ4v) is 2.88. The van der Waals surface area contributed by atoms with Gasteiger partial charge in [0.1, 0.15) is 0 Å². The minimum absolute atomic E-state index is 0.236. The predicted octanol–water partition coefficient (Wildman–Crippen LogP) is 2.16. The van der Waals surface area contributed by atoms with Crippen LogP contribution in [0.4, 0.5) is 0 Å². The van der Waals surface area contributed by atoms with Gasteiger partial charge in [-0.2, -0.15) is 0 Å². The van der Waals surface area contributed by atoms with Gasteiger partial charge in [-0.1, -0.05) is 25.5 Å². The minimum atomic E-state index is -3.45. The molecule has 1 N–H and O–H groups in total. The molecule has 1 rings (SSSR count). The third kappa shape index (κ3) is 3.54. The summed E-state index contributed by atoms with van der Waals surface area (Å²) in [4.78, 5) is 0.236. The second-order valence-corrected chi connectivity index (χ2v) is 6.47. The van der Waals surface area contributed by atoms with Crippen LogP contribution < -0.4 is 0 Å². The highest BCUT2D eigenvalue weighted by Gasteiger charge is 2.20. The highest BCUT2D eigenvalue weighted by Crippen LogP contribution is 2.20. The van der Waals surface area contributed by atoms with E-state index in [1.807, 2.05) is 6.92 Å². The monoisotopic (exact) mass is 271 g/mol. The second-order valence-electron chi connectivity index (χ2n) is 4.43. The average Bonchev–Trinajstić information content (AvgIpc) is 2.35. The van der Waals surface area contributed by atoms with Gasteiger partial charge in [-0.15, -0.1) is 0 Å². The van der Waals surface area contributed by atoms with Crippen molar-refractivity contribution in [3.63, 3.8) is 0 Å². The second kappa shape index (κ2) is 6.31. The van der Waals surface area contributed by atoms with E-state index in [1.165, 1.54) is 10.4 Å². The molecule has 0 fully saturated rings. The number of nitrogens with zero attached hydrogens (tertiary/aromatic N) is 1. The Morgan fingerprint density at radius 2 is 2.06 bits per heavy atom. The molecule has 1 unspecified atom stereocenters. The summed E-state index contributed by atoms with van der Waals surface area (Å²) in [6.45, 7) is 4.15. The third-order valence-electron chi connectivity index (χ3n) is 2.88. The van der Waals surface area contributed by atoms with Crippen molar-refractivity contribution >= 4 is 10.0 Å². The first-order chi connectivity index (χ1) is 8.39. The Hall–Kier alpha value is -0.910. The zero-order chi connectivity index (χ0) is 13.8. The van der Waals surface area contributed by atoms with Crippen LogP contribution in [0, 0.1) is 0 Å². The van der Waals surface area contributed by atoms with Gasteiger partial charge in [-0.05, 0) is 31.0 Å². The number of benzene rings is 1. The van der Waals surface area contributed by atoms with Crippen molar-refractivity contribution in [1.82, 2.24) is 4.31 Å². The van der Waals surface area contributed by atoms with Gasteiger partial charge in [0.2, 0.25) is 10.0 Å². The molecular weight excluding hydrogens is 250 g/mol. The molecule has 1 aromatic carbocycles. The Kier molecular flexibility index (Phi) is 5.31. The molecule has 0 saturated heterocycles. The van der Waals surface area contributed by atoms with Gasteiger partial charge in [0.05, 0.1) is 11.0 Å². The molecule has 0 aromatic heterocycles. The zero-order valence-electron chi connectivity index (χ0n) is 11.1. The molecule has 5 heteroatoms. The van der Waals surface area contributed by atoms with Gasteiger partial charge in [0.25, 0.3) is 0 Å². The summed E-state index contributed by atoms with van der Waals surface area (Å²) in [5.41, 5.74) is 0.611. The topological polar surface area (TPSA) is 57.6 Å². The summed E-state index contributed by atoms with van der Waals surface area (Å²) < 4.78 is 25.9. The summed E-state index contributed by atoms with van der Waals surface area (Å²) in [6.07, 6.45) is 1.13. The first kappa shape index (κ1) is 15.1. The fraction of sp³-hybridized carbons (Fsp3) is 0.538. The molecule has 0 aliphatic carbocycles. The van der Waals surface area contributed by atoms with Crippen LogP contribution in [0.1, 0.15) is 38.4 Å². The largest absolute Gasteiger partial charge is 0.389 e. The van der Waals surface area contributed by atoms with E-state index >= 15 is 0 Å². The molecule has 18 heavy (non-hydrogen) atoms. The summed E-state index contributed by atoms with van der Waals surface area (Å²) in [7, 11) is -1.86. The van der Waals surface area contributed by atoms with E-state index in [1.54, 1.807) is 32.2 Å². The van der Waals surface area contributed by atoms with Crippen LogP contribution in [0.25, 0.3) is 0 Å². The van der Waals surface area contributed by atoms with E-state index in [0.717, 1.165) is 12.8 Å². The van der Waals surface area contributed by atoms with E-state index in [2.05, 4.69) is 0 Å². The summed E-state index contributed by atoms with van der Waals surface area (Å²) >= 11 is 0. The molecule has 0 aliphatic rings. The number of rotatable bonds is 6. The molecule has 0 saturated carbocycles. The van der Waals surface area contributed by atoms with Gasteiger partial charge in [0, 0.05) is 13.6 Å². The van der Waals surface area contributed by atoms with Crippen LogP contribution in [0.5, 0.6) is 0 Å². The van der Waals surface area contributed by atoms with E-state index < -0.39 is 16.1 Å². The Morgan fingerprint density at radius 1 is 1.39 bits per heavy atom. The first-order valence-electron chi connectivity index (χ1n) is 6.14. The number of aliphatic hydroxyl groups is 1. The smallest absolute Gasteiger partial charge is 0.242 e. The van der Waals surface area contributed by atoms with Crippen molar-refractivity contribution in [2.75, 3.05) is 13.6 Å². The van der Waals surface area contributed by atoms with Gasteiger partial charge >= 0.3 is 0 Å². The molecule has 0 spiro atoms. The Balaban J connectivity index is 3.01. The predicted molar refractivity (Wildman–Crippen MR) is 71.8 cm³/mol. The highest BCUT2D eigenvalue weighted by atomic mass is 32.2. The Labute approximate surface area is 109 Å². The molecule has 4 nitrogen and oxygen atoms in total. The van der Waals surface area contributed by atoms with Crippen molar-refractivity contribution in [3.05, 3.63) is 29.8 Å². The van der Waals surface area contributed by atoms with Gasteiger partial charge in [-0.3, -0.25) is 0 Å². The van der Waals surface area contributed by atoms with Crippen molar-refractivity contribution in [2.45, 2.75) is 37.7 Å². The minimum Gasteiger partial charge on any atom is -0.389 e. The number of aliphatic hydroxyl groups excluding tert-OH is 1. The normalized spacial score (nSPS) is 13.8. The van der Waals surface area contributed by atoms with E-state index in [4.69, 9.17) is 0 Å². The third-order valence-corrected chi connectivity index (χ3v) is 4.73. The van der Waals surface area contributed by atoms with Crippen molar-refractivity contribution in [2.24, 2.45) is 0 Å². The van der Waals surface area contributed by atoms with Crippen molar-refractivity contribution < 1.29 is 13.5 Å². The maximum atomic E-state index is 12.3. The van der Waals surface area contributed by atoms with Gasteiger partial charge in [-0.25, -0.2) is 12.7 Å². The zero-order valence-corrected chi connectivity index (χ0v) is 11.9. The maximum Gasteiger partial charge on any atom is 0.242 e. The average molecular weight is 271 g/mol. The van der Waals surface area contributed by atoms with Crippen LogP contribution in [0.15, 0.2) is 29.2 Å². The summed E-state index contributed by atoms with van der Waals surface area (Å²) in [5, 5.41) is 9.49. The Morgan fingerprint density at radius 3 is 2.61 bits per heavy atom. The summed E-state index contributed by atoms with van der Waals surface area (Å²) in [5.74, 6) is 0. The summed E-state index contributed by atoms with van der Waals surface area (Å²) in [6, 6.07) is 6.46. The molecule has 1 atom stereocenters. The van der Waals surface area contributed by atoms with Gasteiger partial charge in [0.15, 0.2) is 0 Å². The van der Waals surface area contributed by atoms with Crippen LogP contribution in [-0.2, 0) is 10.0 Å². The lowest BCUT2D eigenvalue weighted by Gasteiger charge is -2.17. The van der Waals surface area contributed by atoms with Crippen LogP contribution in [0.3, 0.4) is 0 Å². The van der Waals surface area contributed by atoms with Gasteiger partial charge < -0.3 is 5.11 Å². The van der Waals surface area contributed by atoms with E-state index in [0.29, 0.717) is 12.1 Å². The first-order valence-corrected chi connectivity index (χ1v) is 7.58. The van der Waals surface area contributed by atoms with Crippen molar-refractivity contribution in [1.29, 1.82) is 0 Å². The molecule has 0 heterocycles. The lowest BCUT2D eigenvalue weighted by atomic mass is 10.1. The lowest BCUT2D eigenvalue weighted by Crippen LogP contribution is -2.28. The number of sulfonamides is 1. The van der Waals surface area contributed by atoms with E-state index in [9.17, 15) is 13.5 Å². The molecule has 0 radical (unpaired) electrons. The van der Waals surface area contributed by atoms with Crippen LogP contribution in [0.2, 0.25) is 0 Å².